The summed E-state index contributed by atoms with van der Waals surface area (Å²) >= 11 is 0. The summed E-state index contributed by atoms with van der Waals surface area (Å²) in [5.41, 5.74) is 3.03. The molecule has 0 heteroatoms. The van der Waals surface area contributed by atoms with Crippen LogP contribution in [0.2, 0.25) is 0 Å². The van der Waals surface area contributed by atoms with E-state index in [0.29, 0.717) is 0 Å². The summed E-state index contributed by atoms with van der Waals surface area (Å²) in [6.45, 7) is 0. The molecule has 0 saturated heterocycles. The third-order valence-corrected chi connectivity index (χ3v) is 3.75. The van der Waals surface area contributed by atoms with Gasteiger partial charge in [-0.3, -0.25) is 0 Å². The molecule has 0 saturated carbocycles. The highest BCUT2D eigenvalue weighted by Crippen LogP contribution is 2.35. The lowest BCUT2D eigenvalue weighted by molar-refractivity contribution is 0.949. The molecule has 0 aromatic heterocycles. The summed E-state index contributed by atoms with van der Waals surface area (Å²) in [5.74, 6) is 0. The van der Waals surface area contributed by atoms with E-state index in [9.17, 15) is 0 Å². The molecule has 0 nitrogen and oxygen atoms in total. The minimum atomic E-state index is 1.22. The van der Waals surface area contributed by atoms with Gasteiger partial charge >= 0.3 is 0 Å². The van der Waals surface area contributed by atoms with Crippen LogP contribution in [0, 0.1) is 0 Å². The maximum Gasteiger partial charge on any atom is -0.00704 e. The normalized spacial score (nSPS) is 13.8. The first-order chi connectivity index (χ1) is 7.93. The summed E-state index contributed by atoms with van der Waals surface area (Å²) in [6.07, 6.45) is 2.43. The average Bonchev–Trinajstić information content (AvgIpc) is 2.40. The van der Waals surface area contributed by atoms with Crippen LogP contribution in [0.3, 0.4) is 0 Å². The zero-order valence-corrected chi connectivity index (χ0v) is 9.03. The Bertz CT molecular complexity index is 708. The molecule has 2 aliphatic carbocycles. The molecule has 5 rings (SSSR count). The van der Waals surface area contributed by atoms with E-state index < -0.39 is 0 Å². The SMILES string of the molecule is c1ccc2c(c1)ccc1c3ccc(c12)CC3. The minimum Gasteiger partial charge on any atom is -0.0616 e. The van der Waals surface area contributed by atoms with Crippen LogP contribution in [-0.2, 0) is 12.8 Å². The maximum absolute atomic E-state index is 2.30. The number of aryl methyl sites for hydroxylation is 2. The van der Waals surface area contributed by atoms with E-state index in [4.69, 9.17) is 0 Å². The van der Waals surface area contributed by atoms with E-state index in [1.165, 1.54) is 45.5 Å². The molecule has 0 N–H and O–H groups in total. The van der Waals surface area contributed by atoms with Gasteiger partial charge in [-0.05, 0) is 45.5 Å². The Morgan fingerprint density at radius 2 is 1.44 bits per heavy atom. The standard InChI is InChI=1S/C16H12/c1-2-4-14-11(3-1)9-10-15-12-5-7-13(8-6-12)16(14)15/h1-5,7,9-10H,6,8H2. The lowest BCUT2D eigenvalue weighted by Crippen LogP contribution is -2.02. The molecule has 0 aliphatic heterocycles. The van der Waals surface area contributed by atoms with Crippen molar-refractivity contribution in [1.82, 2.24) is 0 Å². The molecule has 0 amide bonds. The predicted octanol–water partition coefficient (Wildman–Crippen LogP) is 4.09. The molecule has 0 unspecified atom stereocenters. The molecule has 0 radical (unpaired) electrons. The number of rotatable bonds is 0. The summed E-state index contributed by atoms with van der Waals surface area (Å²) in [6, 6.07) is 17.8. The van der Waals surface area contributed by atoms with Crippen molar-refractivity contribution in [3.63, 3.8) is 0 Å². The van der Waals surface area contributed by atoms with Crippen LogP contribution < -0.4 is 0 Å². The Hall–Kier alpha value is -1.82. The number of fused-ring (bicyclic) bond motifs is 3. The summed E-state index contributed by atoms with van der Waals surface area (Å²) in [4.78, 5) is 0. The quantitative estimate of drug-likeness (QED) is 0.484. The van der Waals surface area contributed by atoms with Crippen molar-refractivity contribution >= 4 is 21.5 Å². The smallest absolute Gasteiger partial charge is 0.00704 e. The molecule has 2 aliphatic rings. The second-order valence-electron chi connectivity index (χ2n) is 4.59. The molecule has 0 heterocycles. The van der Waals surface area contributed by atoms with Crippen molar-refractivity contribution in [3.8, 4) is 0 Å². The van der Waals surface area contributed by atoms with E-state index in [2.05, 4.69) is 48.5 Å². The van der Waals surface area contributed by atoms with Gasteiger partial charge in [-0.1, -0.05) is 48.5 Å². The zero-order valence-electron chi connectivity index (χ0n) is 9.03. The Morgan fingerprint density at radius 3 is 2.31 bits per heavy atom. The minimum absolute atomic E-state index is 1.22. The topological polar surface area (TPSA) is 0 Å². The van der Waals surface area contributed by atoms with Gasteiger partial charge in [0.25, 0.3) is 0 Å². The van der Waals surface area contributed by atoms with Gasteiger partial charge < -0.3 is 0 Å². The first-order valence-corrected chi connectivity index (χ1v) is 5.86. The lowest BCUT2D eigenvalue weighted by atomic mass is 9.86. The van der Waals surface area contributed by atoms with Crippen molar-refractivity contribution in [3.05, 3.63) is 59.7 Å². The van der Waals surface area contributed by atoms with Gasteiger partial charge in [-0.15, -0.1) is 0 Å². The van der Waals surface area contributed by atoms with Crippen molar-refractivity contribution in [2.75, 3.05) is 0 Å². The van der Waals surface area contributed by atoms with E-state index in [1.807, 2.05) is 0 Å². The summed E-state index contributed by atoms with van der Waals surface area (Å²) in [5, 5.41) is 5.72. The van der Waals surface area contributed by atoms with Crippen LogP contribution in [0.4, 0.5) is 0 Å². The van der Waals surface area contributed by atoms with Crippen molar-refractivity contribution in [2.45, 2.75) is 12.8 Å². The van der Waals surface area contributed by atoms with E-state index >= 15 is 0 Å². The molecule has 0 spiro atoms. The second-order valence-corrected chi connectivity index (χ2v) is 4.59. The number of hydrogen-bond donors (Lipinski definition) is 0. The van der Waals surface area contributed by atoms with Gasteiger partial charge in [0.15, 0.2) is 0 Å². The van der Waals surface area contributed by atoms with Crippen LogP contribution in [0.1, 0.15) is 11.1 Å². The molecule has 76 valence electrons. The van der Waals surface area contributed by atoms with Gasteiger partial charge in [0.1, 0.15) is 0 Å². The molecule has 3 aromatic carbocycles. The average molecular weight is 204 g/mol. The van der Waals surface area contributed by atoms with Gasteiger partial charge in [-0.2, -0.15) is 0 Å². The van der Waals surface area contributed by atoms with Crippen LogP contribution in [-0.4, -0.2) is 0 Å². The summed E-state index contributed by atoms with van der Waals surface area (Å²) in [7, 11) is 0. The van der Waals surface area contributed by atoms with Crippen molar-refractivity contribution in [2.24, 2.45) is 0 Å². The molecular formula is C16H12. The maximum atomic E-state index is 2.30. The van der Waals surface area contributed by atoms with E-state index in [1.54, 1.807) is 0 Å². The Labute approximate surface area is 94.5 Å². The number of hydrogen-bond acceptors (Lipinski definition) is 0. The van der Waals surface area contributed by atoms with Gasteiger partial charge in [0.2, 0.25) is 0 Å². The lowest BCUT2D eigenvalue weighted by Gasteiger charge is -2.19. The highest BCUT2D eigenvalue weighted by molar-refractivity contribution is 6.10. The molecular weight excluding hydrogens is 192 g/mol. The first-order valence-electron chi connectivity index (χ1n) is 5.86. The highest BCUT2D eigenvalue weighted by atomic mass is 14.2. The Morgan fingerprint density at radius 1 is 0.625 bits per heavy atom. The molecule has 16 heavy (non-hydrogen) atoms. The van der Waals surface area contributed by atoms with E-state index in [-0.39, 0.29) is 0 Å². The fourth-order valence-corrected chi connectivity index (χ4v) is 2.96. The van der Waals surface area contributed by atoms with Crippen LogP contribution in [0.25, 0.3) is 21.5 Å². The molecule has 2 bridgehead atoms. The van der Waals surface area contributed by atoms with Crippen molar-refractivity contribution in [1.29, 1.82) is 0 Å². The Kier molecular flexibility index (Phi) is 1.49. The van der Waals surface area contributed by atoms with E-state index in [0.717, 1.165) is 0 Å². The highest BCUT2D eigenvalue weighted by Gasteiger charge is 2.14. The fourth-order valence-electron chi connectivity index (χ4n) is 2.96. The van der Waals surface area contributed by atoms with Crippen LogP contribution in [0.5, 0.6) is 0 Å². The first kappa shape index (κ1) is 8.35. The van der Waals surface area contributed by atoms with Gasteiger partial charge in [0, 0.05) is 0 Å². The molecule has 3 aromatic rings. The molecule has 0 atom stereocenters. The van der Waals surface area contributed by atoms with Crippen LogP contribution in [0.15, 0.2) is 48.5 Å². The summed E-state index contributed by atoms with van der Waals surface area (Å²) < 4.78 is 0. The Balaban J connectivity index is 2.35. The zero-order chi connectivity index (χ0) is 10.5. The predicted molar refractivity (Wildman–Crippen MR) is 68.9 cm³/mol. The second kappa shape index (κ2) is 2.85. The third-order valence-electron chi connectivity index (χ3n) is 3.75. The number of benzene rings is 3. The van der Waals surface area contributed by atoms with Crippen molar-refractivity contribution < 1.29 is 0 Å². The third kappa shape index (κ3) is 0.943. The monoisotopic (exact) mass is 204 g/mol. The fraction of sp³-hybridized carbons (Fsp3) is 0.125. The largest absolute Gasteiger partial charge is 0.0616 e. The van der Waals surface area contributed by atoms with Gasteiger partial charge in [0.05, 0.1) is 0 Å². The van der Waals surface area contributed by atoms with Gasteiger partial charge in [-0.25, -0.2) is 0 Å². The van der Waals surface area contributed by atoms with Crippen LogP contribution >= 0.6 is 0 Å². The molecule has 0 fully saturated rings.